The normalized spacial score (nSPS) is 13.0. The van der Waals surface area contributed by atoms with Crippen molar-refractivity contribution in [3.63, 3.8) is 0 Å². The van der Waals surface area contributed by atoms with Gasteiger partial charge in [0.25, 0.3) is 5.91 Å². The van der Waals surface area contributed by atoms with Gasteiger partial charge in [-0.3, -0.25) is 10.2 Å². The molecule has 0 saturated heterocycles. The molecule has 1 amide bonds. The van der Waals surface area contributed by atoms with Crippen molar-refractivity contribution in [2.24, 2.45) is 5.10 Å². The predicted molar refractivity (Wildman–Crippen MR) is 92.2 cm³/mol. The van der Waals surface area contributed by atoms with E-state index in [2.05, 4.69) is 21.9 Å². The number of nitrogens with zero attached hydrogens (tertiary/aromatic N) is 3. The van der Waals surface area contributed by atoms with Crippen LogP contribution in [0.2, 0.25) is 0 Å². The third-order valence-electron chi connectivity index (χ3n) is 3.75. The highest BCUT2D eigenvalue weighted by Gasteiger charge is 2.08. The van der Waals surface area contributed by atoms with Gasteiger partial charge in [0, 0.05) is 12.1 Å². The molecule has 1 aliphatic carbocycles. The van der Waals surface area contributed by atoms with Crippen LogP contribution in [0, 0.1) is 22.7 Å². The largest absolute Gasteiger partial charge is 0.352 e. The summed E-state index contributed by atoms with van der Waals surface area (Å²) in [6, 6.07) is 10.1. The molecule has 1 aliphatic rings. The third-order valence-corrected chi connectivity index (χ3v) is 3.75. The first kappa shape index (κ1) is 17.2. The van der Waals surface area contributed by atoms with Crippen LogP contribution in [0.4, 0.5) is 5.69 Å². The number of amides is 1. The maximum Gasteiger partial charge on any atom is 0.251 e. The van der Waals surface area contributed by atoms with Crippen molar-refractivity contribution in [3.05, 3.63) is 41.5 Å². The van der Waals surface area contributed by atoms with Crippen molar-refractivity contribution in [2.45, 2.75) is 32.1 Å². The minimum Gasteiger partial charge on any atom is -0.352 e. The van der Waals surface area contributed by atoms with Gasteiger partial charge in [-0.1, -0.05) is 17.7 Å². The molecule has 6 heteroatoms. The van der Waals surface area contributed by atoms with Gasteiger partial charge in [-0.2, -0.15) is 15.6 Å². The molecule has 0 aliphatic heterocycles. The van der Waals surface area contributed by atoms with Crippen molar-refractivity contribution in [2.75, 3.05) is 12.0 Å². The smallest absolute Gasteiger partial charge is 0.251 e. The Labute approximate surface area is 141 Å². The fourth-order valence-corrected chi connectivity index (χ4v) is 2.50. The van der Waals surface area contributed by atoms with Gasteiger partial charge in [-0.25, -0.2) is 0 Å². The SMILES string of the molecule is N#CC(C#N)=NNc1cccc(C(=O)NCCC2=CCCCC2)c1. The van der Waals surface area contributed by atoms with Gasteiger partial charge in [0.1, 0.15) is 12.1 Å². The quantitative estimate of drug-likeness (QED) is 0.477. The molecule has 122 valence electrons. The summed E-state index contributed by atoms with van der Waals surface area (Å²) < 4.78 is 0. The molecular weight excluding hydrogens is 302 g/mol. The molecule has 6 nitrogen and oxygen atoms in total. The second-order valence-electron chi connectivity index (χ2n) is 5.49. The average molecular weight is 321 g/mol. The van der Waals surface area contributed by atoms with Crippen LogP contribution in [-0.4, -0.2) is 18.2 Å². The van der Waals surface area contributed by atoms with Crippen LogP contribution in [0.1, 0.15) is 42.5 Å². The molecule has 0 unspecified atom stereocenters. The van der Waals surface area contributed by atoms with E-state index in [0.29, 0.717) is 17.8 Å². The number of rotatable bonds is 6. The van der Waals surface area contributed by atoms with E-state index < -0.39 is 0 Å². The Bertz CT molecular complexity index is 721. The number of hydrazone groups is 1. The molecule has 24 heavy (non-hydrogen) atoms. The van der Waals surface area contributed by atoms with Crippen molar-refractivity contribution < 1.29 is 4.79 Å². The lowest BCUT2D eigenvalue weighted by atomic mass is 9.97. The topological polar surface area (TPSA) is 101 Å². The van der Waals surface area contributed by atoms with E-state index in [4.69, 9.17) is 10.5 Å². The Balaban J connectivity index is 1.89. The number of hydrogen-bond acceptors (Lipinski definition) is 5. The molecule has 1 aromatic carbocycles. The molecule has 0 heterocycles. The number of allylic oxidation sites excluding steroid dienone is 1. The monoisotopic (exact) mass is 321 g/mol. The number of benzene rings is 1. The van der Waals surface area contributed by atoms with Crippen LogP contribution in [0.5, 0.6) is 0 Å². The van der Waals surface area contributed by atoms with Crippen molar-refractivity contribution in [1.82, 2.24) is 5.32 Å². The second-order valence-corrected chi connectivity index (χ2v) is 5.49. The fraction of sp³-hybridized carbons (Fsp3) is 0.333. The summed E-state index contributed by atoms with van der Waals surface area (Å²) in [6.07, 6.45) is 7.94. The zero-order chi connectivity index (χ0) is 17.2. The lowest BCUT2D eigenvalue weighted by Gasteiger charge is -2.13. The Morgan fingerprint density at radius 1 is 1.25 bits per heavy atom. The Morgan fingerprint density at radius 3 is 2.79 bits per heavy atom. The number of carbonyl (C=O) groups excluding carboxylic acids is 1. The van der Waals surface area contributed by atoms with Crippen LogP contribution in [0.15, 0.2) is 41.0 Å². The minimum absolute atomic E-state index is 0.153. The highest BCUT2D eigenvalue weighted by atomic mass is 16.1. The van der Waals surface area contributed by atoms with Gasteiger partial charge in [0.15, 0.2) is 0 Å². The first-order chi connectivity index (χ1) is 11.7. The lowest BCUT2D eigenvalue weighted by molar-refractivity contribution is 0.0954. The van der Waals surface area contributed by atoms with E-state index in [9.17, 15) is 4.79 Å². The van der Waals surface area contributed by atoms with Crippen LogP contribution < -0.4 is 10.7 Å². The Morgan fingerprint density at radius 2 is 2.08 bits per heavy atom. The van der Waals surface area contributed by atoms with Gasteiger partial charge in [-0.05, 0) is 50.3 Å². The first-order valence-electron chi connectivity index (χ1n) is 7.93. The molecule has 0 fully saturated rings. The predicted octanol–water partition coefficient (Wildman–Crippen LogP) is 3.12. The average Bonchev–Trinajstić information content (AvgIpc) is 2.63. The molecule has 2 rings (SSSR count). The summed E-state index contributed by atoms with van der Waals surface area (Å²) in [6.45, 7) is 0.619. The molecule has 0 atom stereocenters. The summed E-state index contributed by atoms with van der Waals surface area (Å²) in [5.74, 6) is -0.153. The van der Waals surface area contributed by atoms with Crippen LogP contribution >= 0.6 is 0 Å². The number of anilines is 1. The van der Waals surface area contributed by atoms with Gasteiger partial charge >= 0.3 is 0 Å². The van der Waals surface area contributed by atoms with Crippen molar-refractivity contribution >= 4 is 17.3 Å². The number of carbonyl (C=O) groups is 1. The van der Waals surface area contributed by atoms with Crippen LogP contribution in [0.25, 0.3) is 0 Å². The highest BCUT2D eigenvalue weighted by molar-refractivity contribution is 6.10. The number of nitrogens with one attached hydrogen (secondary N) is 2. The zero-order valence-electron chi connectivity index (χ0n) is 13.4. The van der Waals surface area contributed by atoms with Gasteiger partial charge in [0.05, 0.1) is 5.69 Å². The van der Waals surface area contributed by atoms with Crippen LogP contribution in [0.3, 0.4) is 0 Å². The number of nitriles is 2. The maximum absolute atomic E-state index is 12.2. The van der Waals surface area contributed by atoms with E-state index in [1.165, 1.54) is 18.4 Å². The zero-order valence-corrected chi connectivity index (χ0v) is 13.4. The molecule has 0 saturated carbocycles. The molecule has 0 bridgehead atoms. The number of hydrogen-bond donors (Lipinski definition) is 2. The summed E-state index contributed by atoms with van der Waals surface area (Å²) in [5.41, 5.74) is 4.80. The van der Waals surface area contributed by atoms with E-state index in [-0.39, 0.29) is 11.6 Å². The minimum atomic E-state index is -0.273. The molecule has 0 radical (unpaired) electrons. The Kier molecular flexibility index (Phi) is 6.55. The van der Waals surface area contributed by atoms with Gasteiger partial charge < -0.3 is 5.32 Å². The standard InChI is InChI=1S/C18H19N5O/c19-12-17(13-20)23-22-16-8-4-7-15(11-16)18(24)21-10-9-14-5-2-1-3-6-14/h4-5,7-8,11,22H,1-3,6,9-10H2,(H,21,24). The lowest BCUT2D eigenvalue weighted by Crippen LogP contribution is -2.24. The molecule has 0 spiro atoms. The molecule has 1 aromatic rings. The molecule has 0 aromatic heterocycles. The van der Waals surface area contributed by atoms with Gasteiger partial charge in [-0.15, -0.1) is 0 Å². The highest BCUT2D eigenvalue weighted by Crippen LogP contribution is 2.19. The van der Waals surface area contributed by atoms with E-state index in [0.717, 1.165) is 19.3 Å². The van der Waals surface area contributed by atoms with Crippen molar-refractivity contribution in [1.29, 1.82) is 10.5 Å². The fourth-order valence-electron chi connectivity index (χ4n) is 2.50. The first-order valence-corrected chi connectivity index (χ1v) is 7.93. The summed E-state index contributed by atoms with van der Waals surface area (Å²) in [7, 11) is 0. The summed E-state index contributed by atoms with van der Waals surface area (Å²) in [4.78, 5) is 12.2. The van der Waals surface area contributed by atoms with E-state index in [1.807, 2.05) is 0 Å². The van der Waals surface area contributed by atoms with E-state index in [1.54, 1.807) is 36.4 Å². The third kappa shape index (κ3) is 5.26. The van der Waals surface area contributed by atoms with Crippen molar-refractivity contribution in [3.8, 4) is 12.1 Å². The summed E-state index contributed by atoms with van der Waals surface area (Å²) >= 11 is 0. The second kappa shape index (κ2) is 9.12. The van der Waals surface area contributed by atoms with Gasteiger partial charge in [0.2, 0.25) is 5.71 Å². The summed E-state index contributed by atoms with van der Waals surface area (Å²) in [5, 5.41) is 23.9. The van der Waals surface area contributed by atoms with E-state index >= 15 is 0 Å². The molecule has 2 N–H and O–H groups in total. The Hall–Kier alpha value is -3.12. The maximum atomic E-state index is 12.2. The molecular formula is C18H19N5O. The van der Waals surface area contributed by atoms with Crippen LogP contribution in [-0.2, 0) is 0 Å².